The summed E-state index contributed by atoms with van der Waals surface area (Å²) in [5.41, 5.74) is 2.94. The number of rotatable bonds is 4. The number of halogens is 1. The lowest BCUT2D eigenvalue weighted by molar-refractivity contribution is 0.583. The molecule has 9 heteroatoms. The van der Waals surface area contributed by atoms with E-state index in [1.807, 2.05) is 6.92 Å². The van der Waals surface area contributed by atoms with Crippen LogP contribution < -0.4 is 4.72 Å². The van der Waals surface area contributed by atoms with Gasteiger partial charge in [-0.05, 0) is 13.8 Å². The van der Waals surface area contributed by atoms with Crippen molar-refractivity contribution in [2.24, 2.45) is 0 Å². The summed E-state index contributed by atoms with van der Waals surface area (Å²) in [6, 6.07) is 0. The maximum absolute atomic E-state index is 12.1. The third-order valence-corrected chi connectivity index (χ3v) is 6.45. The Bertz CT molecular complexity index is 662. The molecule has 2 heterocycles. The number of aromatic nitrogens is 2. The summed E-state index contributed by atoms with van der Waals surface area (Å²) < 4.78 is 27.0. The van der Waals surface area contributed by atoms with Gasteiger partial charge in [0.15, 0.2) is 8.68 Å². The van der Waals surface area contributed by atoms with Gasteiger partial charge in [0.1, 0.15) is 0 Å². The summed E-state index contributed by atoms with van der Waals surface area (Å²) in [6.45, 7) is 3.69. The van der Waals surface area contributed by atoms with Crippen molar-refractivity contribution < 1.29 is 8.42 Å². The minimum atomic E-state index is -3.56. The fraction of sp³-hybridized carbons (Fsp3) is 0.333. The fourth-order valence-corrected chi connectivity index (χ4v) is 4.91. The van der Waals surface area contributed by atoms with E-state index in [0.717, 1.165) is 21.9 Å². The summed E-state index contributed by atoms with van der Waals surface area (Å²) in [5.74, 6) is 0. The molecule has 0 aliphatic carbocycles. The monoisotopic (exact) mass is 323 g/mol. The highest BCUT2D eigenvalue weighted by atomic mass is 35.5. The molecule has 0 saturated heterocycles. The van der Waals surface area contributed by atoms with Crippen LogP contribution in [0.1, 0.15) is 16.3 Å². The Hall–Kier alpha value is -0.540. The van der Waals surface area contributed by atoms with Crippen LogP contribution in [-0.4, -0.2) is 18.4 Å². The highest BCUT2D eigenvalue weighted by Gasteiger charge is 2.21. The average Bonchev–Trinajstić information content (AvgIpc) is 2.82. The Labute approximate surface area is 118 Å². The van der Waals surface area contributed by atoms with Crippen LogP contribution in [0.5, 0.6) is 0 Å². The molecular formula is C9H10ClN3O2S3. The minimum Gasteiger partial charge on any atom is -0.250 e. The standard InChI is InChI=1S/C9H10ClN3O2S3/c1-5-7(16-4-11-5)3-12-18(14,15)8-6(2)13-9(10)17-8/h4,12H,3H2,1-2H3. The molecule has 2 rings (SSSR count). The lowest BCUT2D eigenvalue weighted by Gasteiger charge is -2.04. The van der Waals surface area contributed by atoms with E-state index in [4.69, 9.17) is 11.6 Å². The fourth-order valence-electron chi connectivity index (χ4n) is 1.32. The molecule has 0 fully saturated rings. The number of aryl methyl sites for hydroxylation is 2. The number of sulfonamides is 1. The van der Waals surface area contributed by atoms with Gasteiger partial charge >= 0.3 is 0 Å². The van der Waals surface area contributed by atoms with E-state index in [2.05, 4.69) is 14.7 Å². The molecule has 5 nitrogen and oxygen atoms in total. The average molecular weight is 324 g/mol. The SMILES string of the molecule is Cc1ncsc1CNS(=O)(=O)c1sc(Cl)nc1C. The molecular weight excluding hydrogens is 314 g/mol. The zero-order valence-electron chi connectivity index (χ0n) is 9.60. The maximum Gasteiger partial charge on any atom is 0.252 e. The van der Waals surface area contributed by atoms with Crippen molar-refractivity contribution in [1.29, 1.82) is 0 Å². The Morgan fingerprint density at radius 3 is 2.61 bits per heavy atom. The molecule has 0 bridgehead atoms. The van der Waals surface area contributed by atoms with E-state index in [9.17, 15) is 8.42 Å². The van der Waals surface area contributed by atoms with Crippen molar-refractivity contribution in [3.63, 3.8) is 0 Å². The van der Waals surface area contributed by atoms with Crippen LogP contribution in [0.4, 0.5) is 0 Å². The predicted octanol–water partition coefficient (Wildman–Crippen LogP) is 2.35. The lowest BCUT2D eigenvalue weighted by atomic mass is 10.4. The van der Waals surface area contributed by atoms with Crippen molar-refractivity contribution in [1.82, 2.24) is 14.7 Å². The van der Waals surface area contributed by atoms with Crippen LogP contribution in [0.25, 0.3) is 0 Å². The highest BCUT2D eigenvalue weighted by molar-refractivity contribution is 7.91. The van der Waals surface area contributed by atoms with Gasteiger partial charge in [-0.25, -0.2) is 23.1 Å². The van der Waals surface area contributed by atoms with E-state index in [1.165, 1.54) is 11.3 Å². The second-order valence-corrected chi connectivity index (χ2v) is 8.01. The zero-order chi connectivity index (χ0) is 13.3. The smallest absolute Gasteiger partial charge is 0.250 e. The molecule has 0 amide bonds. The second kappa shape index (κ2) is 5.22. The second-order valence-electron chi connectivity index (χ2n) is 3.53. The van der Waals surface area contributed by atoms with E-state index in [0.29, 0.717) is 5.69 Å². The van der Waals surface area contributed by atoms with Gasteiger partial charge in [0.05, 0.1) is 16.9 Å². The van der Waals surface area contributed by atoms with Crippen LogP contribution in [0, 0.1) is 13.8 Å². The Morgan fingerprint density at radius 1 is 1.39 bits per heavy atom. The first-order chi connectivity index (χ1) is 8.40. The summed E-state index contributed by atoms with van der Waals surface area (Å²) in [5, 5.41) is 0. The predicted molar refractivity (Wildman–Crippen MR) is 72.7 cm³/mol. The Morgan fingerprint density at radius 2 is 2.11 bits per heavy atom. The third-order valence-electron chi connectivity index (χ3n) is 2.24. The van der Waals surface area contributed by atoms with Crippen LogP contribution >= 0.6 is 34.3 Å². The van der Waals surface area contributed by atoms with Crippen molar-refractivity contribution in [3.8, 4) is 0 Å². The molecule has 0 aliphatic heterocycles. The van der Waals surface area contributed by atoms with Gasteiger partial charge in [-0.1, -0.05) is 22.9 Å². The summed E-state index contributed by atoms with van der Waals surface area (Å²) in [6.07, 6.45) is 0. The van der Waals surface area contributed by atoms with Crippen molar-refractivity contribution in [3.05, 3.63) is 26.2 Å². The van der Waals surface area contributed by atoms with Gasteiger partial charge < -0.3 is 0 Å². The quantitative estimate of drug-likeness (QED) is 0.937. The number of nitrogens with one attached hydrogen (secondary N) is 1. The third kappa shape index (κ3) is 2.89. The first kappa shape index (κ1) is 13.9. The molecule has 1 N–H and O–H groups in total. The van der Waals surface area contributed by atoms with Gasteiger partial charge in [0.2, 0.25) is 0 Å². The molecule has 0 unspecified atom stereocenters. The summed E-state index contributed by atoms with van der Waals surface area (Å²) in [7, 11) is -3.56. The lowest BCUT2D eigenvalue weighted by Crippen LogP contribution is -2.23. The maximum atomic E-state index is 12.1. The minimum absolute atomic E-state index is 0.162. The van der Waals surface area contributed by atoms with Crippen molar-refractivity contribution in [2.45, 2.75) is 24.6 Å². The first-order valence-electron chi connectivity index (χ1n) is 4.91. The van der Waals surface area contributed by atoms with Crippen LogP contribution in [0.15, 0.2) is 9.72 Å². The summed E-state index contributed by atoms with van der Waals surface area (Å²) in [4.78, 5) is 8.85. The highest BCUT2D eigenvalue weighted by Crippen LogP contribution is 2.26. The van der Waals surface area contributed by atoms with Crippen molar-refractivity contribution >= 4 is 44.3 Å². The van der Waals surface area contributed by atoms with Gasteiger partial charge in [0.25, 0.3) is 10.0 Å². The molecule has 0 saturated carbocycles. The van der Waals surface area contributed by atoms with Crippen molar-refractivity contribution in [2.75, 3.05) is 0 Å². The van der Waals surface area contributed by atoms with E-state index in [-0.39, 0.29) is 15.2 Å². The van der Waals surface area contributed by atoms with E-state index >= 15 is 0 Å². The normalized spacial score (nSPS) is 11.9. The molecule has 0 atom stereocenters. The van der Waals surface area contributed by atoms with Crippen LogP contribution in [-0.2, 0) is 16.6 Å². The van der Waals surface area contributed by atoms with Gasteiger partial charge in [-0.2, -0.15) is 0 Å². The number of nitrogens with zero attached hydrogens (tertiary/aromatic N) is 2. The molecule has 98 valence electrons. The molecule has 0 aliphatic rings. The van der Waals surface area contributed by atoms with E-state index < -0.39 is 10.0 Å². The molecule has 0 aromatic carbocycles. The van der Waals surface area contributed by atoms with E-state index in [1.54, 1.807) is 12.4 Å². The zero-order valence-corrected chi connectivity index (χ0v) is 12.8. The van der Waals surface area contributed by atoms with Crippen LogP contribution in [0.2, 0.25) is 4.47 Å². The first-order valence-corrected chi connectivity index (χ1v) is 8.47. The molecule has 0 radical (unpaired) electrons. The molecule has 0 spiro atoms. The van der Waals surface area contributed by atoms with Gasteiger partial charge in [-0.15, -0.1) is 11.3 Å². The number of thiazole rings is 2. The molecule has 2 aromatic heterocycles. The van der Waals surface area contributed by atoms with Gasteiger partial charge in [-0.3, -0.25) is 0 Å². The topological polar surface area (TPSA) is 72.0 Å². The number of hydrogen-bond acceptors (Lipinski definition) is 6. The summed E-state index contributed by atoms with van der Waals surface area (Å²) >= 11 is 8.08. The molecule has 2 aromatic rings. The number of hydrogen-bond donors (Lipinski definition) is 1. The molecule has 18 heavy (non-hydrogen) atoms. The van der Waals surface area contributed by atoms with Crippen LogP contribution in [0.3, 0.4) is 0 Å². The Kier molecular flexibility index (Phi) is 4.02. The van der Waals surface area contributed by atoms with Gasteiger partial charge in [0, 0.05) is 11.4 Å². The Balaban J connectivity index is 2.18. The largest absolute Gasteiger partial charge is 0.252 e.